The van der Waals surface area contributed by atoms with Crippen LogP contribution in [0.4, 0.5) is 5.69 Å². The molecule has 2 N–H and O–H groups in total. The van der Waals surface area contributed by atoms with Gasteiger partial charge in [0, 0.05) is 11.3 Å². The summed E-state index contributed by atoms with van der Waals surface area (Å²) in [6.07, 6.45) is 3.66. The molecule has 2 aromatic rings. The maximum absolute atomic E-state index is 5.97. The third-order valence-corrected chi connectivity index (χ3v) is 3.89. The highest BCUT2D eigenvalue weighted by Crippen LogP contribution is 2.47. The smallest absolute Gasteiger partial charge is 0.182 e. The van der Waals surface area contributed by atoms with Gasteiger partial charge >= 0.3 is 0 Å². The largest absolute Gasteiger partial charge is 0.398 e. The second-order valence-electron chi connectivity index (χ2n) is 5.37. The van der Waals surface area contributed by atoms with Gasteiger partial charge in [-0.15, -0.1) is 5.10 Å². The summed E-state index contributed by atoms with van der Waals surface area (Å²) in [7, 11) is 0. The number of hydrogen-bond acceptors (Lipinski definition) is 4. The number of hydrogen-bond donors (Lipinski definition) is 1. The van der Waals surface area contributed by atoms with Gasteiger partial charge in [-0.25, -0.2) is 4.68 Å². The van der Waals surface area contributed by atoms with Crippen molar-refractivity contribution in [1.82, 2.24) is 20.2 Å². The van der Waals surface area contributed by atoms with E-state index in [1.54, 1.807) is 0 Å². The monoisotopic (exact) mass is 257 g/mol. The number of benzene rings is 1. The van der Waals surface area contributed by atoms with Crippen LogP contribution in [0.1, 0.15) is 37.8 Å². The third kappa shape index (κ3) is 2.20. The molecule has 1 saturated carbocycles. The summed E-state index contributed by atoms with van der Waals surface area (Å²) in [5.41, 5.74) is 8.83. The lowest BCUT2D eigenvalue weighted by molar-refractivity contribution is 0.548. The van der Waals surface area contributed by atoms with Crippen molar-refractivity contribution in [1.29, 1.82) is 0 Å². The minimum atomic E-state index is 0.465. The Balaban J connectivity index is 1.90. The summed E-state index contributed by atoms with van der Waals surface area (Å²) in [4.78, 5) is 0. The average molecular weight is 257 g/mol. The van der Waals surface area contributed by atoms with E-state index < -0.39 is 0 Å². The second-order valence-corrected chi connectivity index (χ2v) is 5.37. The number of anilines is 1. The van der Waals surface area contributed by atoms with E-state index in [4.69, 9.17) is 5.73 Å². The molecule has 1 aromatic heterocycles. The van der Waals surface area contributed by atoms with Crippen LogP contribution in [0, 0.1) is 12.8 Å². The van der Waals surface area contributed by atoms with Gasteiger partial charge in [0.05, 0.1) is 6.04 Å². The first-order valence-electron chi connectivity index (χ1n) is 6.85. The van der Waals surface area contributed by atoms with E-state index >= 15 is 0 Å². The summed E-state index contributed by atoms with van der Waals surface area (Å²) in [5.74, 6) is 1.56. The lowest BCUT2D eigenvalue weighted by atomic mass is 10.1. The van der Waals surface area contributed by atoms with Crippen molar-refractivity contribution >= 4 is 5.69 Å². The molecular weight excluding hydrogens is 238 g/mol. The van der Waals surface area contributed by atoms with Crippen molar-refractivity contribution in [3.05, 3.63) is 23.8 Å². The molecule has 0 radical (unpaired) electrons. The number of rotatable bonds is 4. The van der Waals surface area contributed by atoms with Crippen LogP contribution in [-0.2, 0) is 0 Å². The standard InChI is InChI=1S/C14H19N5/c1-3-4-10-8-13(10)19-14(16-17-18-19)11-6-5-9(2)12(15)7-11/h5-7,10,13H,3-4,8,15H2,1-2H3. The highest BCUT2D eigenvalue weighted by Gasteiger charge is 2.40. The van der Waals surface area contributed by atoms with Crippen LogP contribution in [0.3, 0.4) is 0 Å². The first kappa shape index (κ1) is 12.1. The Kier molecular flexibility index (Phi) is 2.97. The van der Waals surface area contributed by atoms with Gasteiger partial charge in [0.1, 0.15) is 0 Å². The molecule has 19 heavy (non-hydrogen) atoms. The van der Waals surface area contributed by atoms with Gasteiger partial charge < -0.3 is 5.73 Å². The molecule has 1 aromatic carbocycles. The van der Waals surface area contributed by atoms with Crippen molar-refractivity contribution < 1.29 is 0 Å². The minimum absolute atomic E-state index is 0.465. The Labute approximate surface area is 112 Å². The molecule has 0 aliphatic heterocycles. The van der Waals surface area contributed by atoms with Crippen molar-refractivity contribution in [3.8, 4) is 11.4 Å². The number of tetrazole rings is 1. The van der Waals surface area contributed by atoms with Gasteiger partial charge in [0.2, 0.25) is 0 Å². The van der Waals surface area contributed by atoms with Gasteiger partial charge in [-0.2, -0.15) is 0 Å². The molecule has 5 heteroatoms. The fourth-order valence-electron chi connectivity index (χ4n) is 2.60. The Morgan fingerprint density at radius 3 is 3.00 bits per heavy atom. The zero-order valence-electron chi connectivity index (χ0n) is 11.4. The van der Waals surface area contributed by atoms with Gasteiger partial charge in [-0.05, 0) is 47.7 Å². The van der Waals surface area contributed by atoms with E-state index in [0.717, 1.165) is 28.6 Å². The minimum Gasteiger partial charge on any atom is -0.398 e. The van der Waals surface area contributed by atoms with Crippen molar-refractivity contribution in [3.63, 3.8) is 0 Å². The zero-order chi connectivity index (χ0) is 13.4. The molecule has 0 saturated heterocycles. The predicted octanol–water partition coefficient (Wildman–Crippen LogP) is 2.59. The van der Waals surface area contributed by atoms with Crippen LogP contribution in [0.2, 0.25) is 0 Å². The maximum atomic E-state index is 5.97. The Morgan fingerprint density at radius 1 is 1.42 bits per heavy atom. The quantitative estimate of drug-likeness (QED) is 0.855. The van der Waals surface area contributed by atoms with Crippen LogP contribution >= 0.6 is 0 Å². The topological polar surface area (TPSA) is 69.6 Å². The van der Waals surface area contributed by atoms with Crippen molar-refractivity contribution in [2.75, 3.05) is 5.73 Å². The molecule has 0 spiro atoms. The average Bonchev–Trinajstić information content (AvgIpc) is 2.99. The molecule has 1 aliphatic rings. The Hall–Kier alpha value is -1.91. The van der Waals surface area contributed by atoms with Crippen molar-refractivity contribution in [2.45, 2.75) is 39.2 Å². The lowest BCUT2D eigenvalue weighted by Gasteiger charge is -2.06. The van der Waals surface area contributed by atoms with Crippen LogP contribution < -0.4 is 5.73 Å². The SMILES string of the molecule is CCCC1CC1n1nnnc1-c1ccc(C)c(N)c1. The van der Waals surface area contributed by atoms with Crippen LogP contribution in [-0.4, -0.2) is 20.2 Å². The van der Waals surface area contributed by atoms with Crippen LogP contribution in [0.25, 0.3) is 11.4 Å². The Bertz CT molecular complexity index is 589. The number of nitrogens with zero attached hydrogens (tertiary/aromatic N) is 4. The fraction of sp³-hybridized carbons (Fsp3) is 0.500. The molecule has 0 bridgehead atoms. The Morgan fingerprint density at radius 2 is 2.26 bits per heavy atom. The molecule has 2 unspecified atom stereocenters. The molecule has 2 atom stereocenters. The highest BCUT2D eigenvalue weighted by atomic mass is 15.6. The maximum Gasteiger partial charge on any atom is 0.182 e. The van der Waals surface area contributed by atoms with Crippen LogP contribution in [0.5, 0.6) is 0 Å². The molecule has 5 nitrogen and oxygen atoms in total. The van der Waals surface area contributed by atoms with E-state index in [-0.39, 0.29) is 0 Å². The first-order valence-corrected chi connectivity index (χ1v) is 6.85. The molecule has 3 rings (SSSR count). The lowest BCUT2D eigenvalue weighted by Crippen LogP contribution is -2.02. The summed E-state index contributed by atoms with van der Waals surface area (Å²) in [6.45, 7) is 4.22. The van der Waals surface area contributed by atoms with Crippen molar-refractivity contribution in [2.24, 2.45) is 5.92 Å². The molecule has 1 heterocycles. The first-order chi connectivity index (χ1) is 9.20. The van der Waals surface area contributed by atoms with E-state index in [1.165, 1.54) is 19.3 Å². The summed E-state index contributed by atoms with van der Waals surface area (Å²) < 4.78 is 1.96. The van der Waals surface area contributed by atoms with E-state index in [1.807, 2.05) is 29.8 Å². The fourth-order valence-corrected chi connectivity index (χ4v) is 2.60. The zero-order valence-corrected chi connectivity index (χ0v) is 11.4. The highest BCUT2D eigenvalue weighted by molar-refractivity contribution is 5.63. The number of aromatic nitrogens is 4. The summed E-state index contributed by atoms with van der Waals surface area (Å²) in [5, 5.41) is 12.1. The molecule has 100 valence electrons. The molecule has 0 amide bonds. The normalized spacial score (nSPS) is 21.6. The van der Waals surface area contributed by atoms with Gasteiger partial charge in [0.15, 0.2) is 5.82 Å². The second kappa shape index (κ2) is 4.64. The summed E-state index contributed by atoms with van der Waals surface area (Å²) in [6, 6.07) is 6.47. The number of aryl methyl sites for hydroxylation is 1. The third-order valence-electron chi connectivity index (χ3n) is 3.89. The number of nitrogen functional groups attached to an aromatic ring is 1. The predicted molar refractivity (Wildman–Crippen MR) is 74.5 cm³/mol. The molecule has 1 fully saturated rings. The number of nitrogens with two attached hydrogens (primary N) is 1. The van der Waals surface area contributed by atoms with Gasteiger partial charge in [-0.3, -0.25) is 0 Å². The molecular formula is C14H19N5. The van der Waals surface area contributed by atoms with Gasteiger partial charge in [0.25, 0.3) is 0 Å². The molecule has 1 aliphatic carbocycles. The summed E-state index contributed by atoms with van der Waals surface area (Å²) >= 11 is 0. The van der Waals surface area contributed by atoms with Crippen LogP contribution in [0.15, 0.2) is 18.2 Å². The van der Waals surface area contributed by atoms with E-state index in [9.17, 15) is 0 Å². The van der Waals surface area contributed by atoms with Gasteiger partial charge in [-0.1, -0.05) is 25.5 Å². The van der Waals surface area contributed by atoms with E-state index in [0.29, 0.717) is 6.04 Å². The van der Waals surface area contributed by atoms with E-state index in [2.05, 4.69) is 22.4 Å².